The Morgan fingerprint density at radius 3 is 2.05 bits per heavy atom. The molecule has 2 amide bonds. The minimum atomic E-state index is -0.884. The fourth-order valence-electron chi connectivity index (χ4n) is 4.95. The maximum Gasteiger partial charge on any atom is 0.408 e. The van der Waals surface area contributed by atoms with E-state index in [9.17, 15) is 14.4 Å². The van der Waals surface area contributed by atoms with Crippen LogP contribution < -0.4 is 5.32 Å². The van der Waals surface area contributed by atoms with Crippen LogP contribution in [0.5, 0.6) is 0 Å². The Labute approximate surface area is 240 Å². The molecule has 3 aromatic rings. The molecule has 1 saturated heterocycles. The normalized spacial score (nSPS) is 14.9. The van der Waals surface area contributed by atoms with E-state index in [1.54, 1.807) is 25.7 Å². The van der Waals surface area contributed by atoms with Crippen LogP contribution in [0.3, 0.4) is 0 Å². The fraction of sp³-hybridized carbons (Fsp3) is 0.433. The minimum Gasteiger partial charge on any atom is -0.464 e. The summed E-state index contributed by atoms with van der Waals surface area (Å²) in [7, 11) is 1.27. The highest BCUT2D eigenvalue weighted by Gasteiger charge is 2.33. The van der Waals surface area contributed by atoms with E-state index in [2.05, 4.69) is 44.8 Å². The van der Waals surface area contributed by atoms with E-state index >= 15 is 0 Å². The molecule has 1 aliphatic heterocycles. The standard InChI is InChI=1S/C30H38N6O5/c1-30(2,3)41-29(39)32-24(15-16-36-25(21-31-33-36)28(38)40-4)27(37)35-19-17-34(18-20-35)26(22-11-7-5-8-12-22)23-13-9-6-10-14-23/h5-14,21,24,26H,15-20H2,1-4H3,(H,32,39)/t24-/m0/s1. The minimum absolute atomic E-state index is 0.0643. The Balaban J connectivity index is 1.47. The van der Waals surface area contributed by atoms with Crippen LogP contribution in [0.15, 0.2) is 66.9 Å². The monoisotopic (exact) mass is 562 g/mol. The number of esters is 1. The van der Waals surface area contributed by atoms with Crippen LogP contribution in [-0.4, -0.2) is 87.7 Å². The largest absolute Gasteiger partial charge is 0.464 e. The second kappa shape index (κ2) is 13.4. The van der Waals surface area contributed by atoms with Gasteiger partial charge >= 0.3 is 12.1 Å². The van der Waals surface area contributed by atoms with Crippen LogP contribution in [0, 0.1) is 0 Å². The zero-order valence-electron chi connectivity index (χ0n) is 24.0. The van der Waals surface area contributed by atoms with Crippen LogP contribution in [0.2, 0.25) is 0 Å². The molecule has 1 aromatic heterocycles. The molecule has 0 unspecified atom stereocenters. The summed E-state index contributed by atoms with van der Waals surface area (Å²) in [5, 5.41) is 10.5. The number of rotatable bonds is 9. The molecule has 0 saturated carbocycles. The first kappa shape index (κ1) is 29.7. The molecule has 1 N–H and O–H groups in total. The van der Waals surface area contributed by atoms with Crippen molar-refractivity contribution in [3.8, 4) is 0 Å². The molecule has 2 aromatic carbocycles. The molecule has 0 spiro atoms. The second-order valence-electron chi connectivity index (χ2n) is 10.9. The van der Waals surface area contributed by atoms with E-state index in [1.165, 1.54) is 29.1 Å². The molecule has 218 valence electrons. The molecule has 1 aliphatic rings. The number of nitrogens with zero attached hydrogens (tertiary/aromatic N) is 5. The smallest absolute Gasteiger partial charge is 0.408 e. The van der Waals surface area contributed by atoms with Crippen molar-refractivity contribution in [2.45, 2.75) is 51.4 Å². The van der Waals surface area contributed by atoms with Gasteiger partial charge in [-0.3, -0.25) is 9.69 Å². The Kier molecular flexibility index (Phi) is 9.72. The summed E-state index contributed by atoms with van der Waals surface area (Å²) in [4.78, 5) is 42.6. The number of aromatic nitrogens is 3. The van der Waals surface area contributed by atoms with Gasteiger partial charge in [-0.25, -0.2) is 14.3 Å². The van der Waals surface area contributed by atoms with Gasteiger partial charge in [0.25, 0.3) is 0 Å². The molecule has 0 bridgehead atoms. The first-order valence-electron chi connectivity index (χ1n) is 13.8. The van der Waals surface area contributed by atoms with E-state index in [0.29, 0.717) is 26.2 Å². The van der Waals surface area contributed by atoms with Crippen molar-refractivity contribution in [3.05, 3.63) is 83.7 Å². The average molecular weight is 563 g/mol. The van der Waals surface area contributed by atoms with Gasteiger partial charge in [-0.1, -0.05) is 65.9 Å². The topological polar surface area (TPSA) is 119 Å². The number of nitrogens with one attached hydrogen (secondary N) is 1. The summed E-state index contributed by atoms with van der Waals surface area (Å²) >= 11 is 0. The third-order valence-corrected chi connectivity index (χ3v) is 6.85. The highest BCUT2D eigenvalue weighted by atomic mass is 16.6. The lowest BCUT2D eigenvalue weighted by molar-refractivity contribution is -0.135. The highest BCUT2D eigenvalue weighted by Crippen LogP contribution is 2.29. The predicted octanol–water partition coefficient (Wildman–Crippen LogP) is 3.28. The van der Waals surface area contributed by atoms with Crippen molar-refractivity contribution < 1.29 is 23.9 Å². The number of hydrogen-bond acceptors (Lipinski definition) is 8. The van der Waals surface area contributed by atoms with Gasteiger partial charge in [0.2, 0.25) is 5.91 Å². The van der Waals surface area contributed by atoms with Gasteiger partial charge in [-0.15, -0.1) is 5.10 Å². The summed E-state index contributed by atoms with van der Waals surface area (Å²) in [6.45, 7) is 7.77. The third kappa shape index (κ3) is 7.91. The number of aryl methyl sites for hydroxylation is 1. The zero-order valence-corrected chi connectivity index (χ0v) is 24.0. The number of benzene rings is 2. The third-order valence-electron chi connectivity index (χ3n) is 6.85. The van der Waals surface area contributed by atoms with Crippen LogP contribution in [0.1, 0.15) is 54.8 Å². The second-order valence-corrected chi connectivity index (χ2v) is 10.9. The number of alkyl carbamates (subject to hydrolysis) is 1. The maximum absolute atomic E-state index is 13.8. The van der Waals surface area contributed by atoms with Gasteiger partial charge in [-0.2, -0.15) is 0 Å². The van der Waals surface area contributed by atoms with Crippen molar-refractivity contribution in [2.75, 3.05) is 33.3 Å². The number of hydrogen-bond donors (Lipinski definition) is 1. The van der Waals surface area contributed by atoms with Gasteiger partial charge in [0.15, 0.2) is 5.69 Å². The number of ether oxygens (including phenoxy) is 2. The van der Waals surface area contributed by atoms with Crippen molar-refractivity contribution in [3.63, 3.8) is 0 Å². The van der Waals surface area contributed by atoms with E-state index < -0.39 is 23.7 Å². The van der Waals surface area contributed by atoms with Gasteiger partial charge in [0, 0.05) is 32.7 Å². The SMILES string of the molecule is COC(=O)c1cnnn1CC[C@H](NC(=O)OC(C)(C)C)C(=O)N1CCN(C(c2ccccc2)c2ccccc2)CC1. The Hall–Kier alpha value is -4.25. The van der Waals surface area contributed by atoms with Crippen LogP contribution in [0.25, 0.3) is 0 Å². The lowest BCUT2D eigenvalue weighted by atomic mass is 9.96. The molecule has 0 aliphatic carbocycles. The van der Waals surface area contributed by atoms with Crippen molar-refractivity contribution in [1.82, 2.24) is 30.1 Å². The fourth-order valence-corrected chi connectivity index (χ4v) is 4.95. The highest BCUT2D eigenvalue weighted by molar-refractivity contribution is 5.87. The Morgan fingerprint density at radius 2 is 1.51 bits per heavy atom. The van der Waals surface area contributed by atoms with Gasteiger partial charge < -0.3 is 19.7 Å². The molecule has 1 fully saturated rings. The van der Waals surface area contributed by atoms with Crippen LogP contribution in [0.4, 0.5) is 4.79 Å². The quantitative estimate of drug-likeness (QED) is 0.395. The molecule has 11 nitrogen and oxygen atoms in total. The molecule has 11 heteroatoms. The average Bonchev–Trinajstić information content (AvgIpc) is 3.44. The molecule has 0 radical (unpaired) electrons. The number of carbonyl (C=O) groups is 3. The van der Waals surface area contributed by atoms with Crippen molar-refractivity contribution in [2.24, 2.45) is 0 Å². The maximum atomic E-state index is 13.8. The van der Waals surface area contributed by atoms with Crippen molar-refractivity contribution in [1.29, 1.82) is 0 Å². The summed E-state index contributed by atoms with van der Waals surface area (Å²) in [6.07, 6.45) is 0.802. The van der Waals surface area contributed by atoms with Crippen molar-refractivity contribution >= 4 is 18.0 Å². The molecule has 4 rings (SSSR count). The van der Waals surface area contributed by atoms with E-state index in [4.69, 9.17) is 9.47 Å². The summed E-state index contributed by atoms with van der Waals surface area (Å²) in [6, 6.07) is 19.9. The number of amides is 2. The number of methoxy groups -OCH3 is 1. The molecule has 41 heavy (non-hydrogen) atoms. The van der Waals surface area contributed by atoms with Crippen LogP contribution in [-0.2, 0) is 20.8 Å². The molecule has 1 atom stereocenters. The Bertz CT molecular complexity index is 1260. The predicted molar refractivity (Wildman–Crippen MR) is 152 cm³/mol. The van der Waals surface area contributed by atoms with Gasteiger partial charge in [0.1, 0.15) is 11.6 Å². The first-order chi connectivity index (χ1) is 19.7. The zero-order chi connectivity index (χ0) is 29.4. The van der Waals surface area contributed by atoms with E-state index in [1.807, 2.05) is 36.4 Å². The van der Waals surface area contributed by atoms with Gasteiger partial charge in [0.05, 0.1) is 19.3 Å². The number of carbonyl (C=O) groups excluding carboxylic acids is 3. The number of piperazine rings is 1. The lowest BCUT2D eigenvalue weighted by Gasteiger charge is -2.40. The van der Waals surface area contributed by atoms with Gasteiger partial charge in [-0.05, 0) is 38.3 Å². The molecule has 2 heterocycles. The molecular weight excluding hydrogens is 524 g/mol. The summed E-state index contributed by atoms with van der Waals surface area (Å²) in [5.41, 5.74) is 1.82. The first-order valence-corrected chi connectivity index (χ1v) is 13.8. The summed E-state index contributed by atoms with van der Waals surface area (Å²) < 4.78 is 11.6. The molecular formula is C30H38N6O5. The van der Waals surface area contributed by atoms with E-state index in [0.717, 1.165) is 0 Å². The summed E-state index contributed by atoms with van der Waals surface area (Å²) in [5.74, 6) is -0.799. The van der Waals surface area contributed by atoms with Crippen LogP contribution >= 0.6 is 0 Å². The lowest BCUT2D eigenvalue weighted by Crippen LogP contribution is -2.56. The Morgan fingerprint density at radius 1 is 0.927 bits per heavy atom. The van der Waals surface area contributed by atoms with E-state index in [-0.39, 0.29) is 30.6 Å².